The van der Waals surface area contributed by atoms with E-state index in [0.29, 0.717) is 11.3 Å². The van der Waals surface area contributed by atoms with Gasteiger partial charge in [0.05, 0.1) is 17.8 Å². The largest absolute Gasteiger partial charge is 0.493 e. The third-order valence-electron chi connectivity index (χ3n) is 2.22. The zero-order chi connectivity index (χ0) is 11.7. The molecule has 2 aromatic rings. The van der Waals surface area contributed by atoms with Gasteiger partial charge in [0.1, 0.15) is 12.1 Å². The summed E-state index contributed by atoms with van der Waals surface area (Å²) in [6, 6.07) is 3.60. The van der Waals surface area contributed by atoms with Gasteiger partial charge in [-0.25, -0.2) is 8.78 Å². The lowest BCUT2D eigenvalue weighted by atomic mass is 10.2. The van der Waals surface area contributed by atoms with Crippen LogP contribution in [0.2, 0.25) is 0 Å². The first-order chi connectivity index (χ1) is 7.63. The summed E-state index contributed by atoms with van der Waals surface area (Å²) in [5, 5.41) is 4.70. The highest BCUT2D eigenvalue weighted by Gasteiger charge is 2.14. The van der Waals surface area contributed by atoms with E-state index in [0.717, 1.165) is 9.86 Å². The Kier molecular flexibility index (Phi) is 3.09. The van der Waals surface area contributed by atoms with Crippen LogP contribution in [-0.4, -0.2) is 23.3 Å². The number of halogens is 3. The van der Waals surface area contributed by atoms with Gasteiger partial charge in [-0.2, -0.15) is 5.10 Å². The number of nitrogens with zero attached hydrogens (tertiary/aromatic N) is 2. The van der Waals surface area contributed by atoms with E-state index >= 15 is 0 Å². The fourth-order valence-corrected chi connectivity index (χ4v) is 2.07. The average molecular weight is 291 g/mol. The van der Waals surface area contributed by atoms with Crippen molar-refractivity contribution in [3.05, 3.63) is 22.8 Å². The molecule has 0 aliphatic heterocycles. The second-order valence-corrected chi connectivity index (χ2v) is 4.09. The highest BCUT2D eigenvalue weighted by molar-refractivity contribution is 9.10. The number of hydrogen-bond donors (Lipinski definition) is 0. The maximum absolute atomic E-state index is 12.3. The Balaban J connectivity index is 2.63. The van der Waals surface area contributed by atoms with Crippen LogP contribution < -0.4 is 4.74 Å². The van der Waals surface area contributed by atoms with Crippen LogP contribution in [0.15, 0.2) is 22.8 Å². The van der Waals surface area contributed by atoms with E-state index in [1.165, 1.54) is 11.8 Å². The van der Waals surface area contributed by atoms with Crippen molar-refractivity contribution >= 4 is 26.8 Å². The quantitative estimate of drug-likeness (QED) is 0.869. The number of fused-ring (bicyclic) bond motifs is 1. The third-order valence-corrected chi connectivity index (χ3v) is 2.85. The van der Waals surface area contributed by atoms with Gasteiger partial charge in [-0.15, -0.1) is 0 Å². The van der Waals surface area contributed by atoms with Crippen LogP contribution in [0.4, 0.5) is 8.78 Å². The number of aromatic nitrogens is 2. The maximum atomic E-state index is 12.3. The van der Waals surface area contributed by atoms with Crippen LogP contribution in [0.25, 0.3) is 10.9 Å². The molecule has 3 nitrogen and oxygen atoms in total. The molecular weight excluding hydrogens is 282 g/mol. The summed E-state index contributed by atoms with van der Waals surface area (Å²) in [6.07, 6.45) is -0.890. The molecule has 0 N–H and O–H groups in total. The Morgan fingerprint density at radius 1 is 1.50 bits per heavy atom. The molecule has 1 aromatic heterocycles. The number of benzene rings is 1. The Hall–Kier alpha value is -1.17. The molecular formula is C10H9BrF2N2O. The van der Waals surface area contributed by atoms with Gasteiger partial charge in [0.2, 0.25) is 0 Å². The molecule has 0 fully saturated rings. The van der Waals surface area contributed by atoms with E-state index in [-0.39, 0.29) is 0 Å². The first-order valence-corrected chi connectivity index (χ1v) is 5.39. The number of alkyl halides is 2. The summed E-state index contributed by atoms with van der Waals surface area (Å²) < 4.78 is 31.9. The van der Waals surface area contributed by atoms with Crippen molar-refractivity contribution in [3.8, 4) is 5.75 Å². The van der Waals surface area contributed by atoms with Crippen LogP contribution in [0.5, 0.6) is 5.75 Å². The lowest BCUT2D eigenvalue weighted by Crippen LogP contribution is -2.08. The molecule has 16 heavy (non-hydrogen) atoms. The minimum atomic E-state index is -2.44. The zero-order valence-electron chi connectivity index (χ0n) is 8.45. The predicted molar refractivity (Wildman–Crippen MR) is 60.0 cm³/mol. The lowest BCUT2D eigenvalue weighted by molar-refractivity contribution is 0.123. The molecule has 86 valence electrons. The monoisotopic (exact) mass is 290 g/mol. The minimum absolute atomic E-state index is 0.434. The molecule has 0 radical (unpaired) electrons. The van der Waals surface area contributed by atoms with E-state index in [1.807, 2.05) is 0 Å². The van der Waals surface area contributed by atoms with Crippen LogP contribution in [0.3, 0.4) is 0 Å². The van der Waals surface area contributed by atoms with Crippen molar-refractivity contribution in [2.75, 3.05) is 7.11 Å². The van der Waals surface area contributed by atoms with E-state index < -0.39 is 13.0 Å². The number of hydrogen-bond acceptors (Lipinski definition) is 2. The predicted octanol–water partition coefficient (Wildman–Crippen LogP) is 3.07. The van der Waals surface area contributed by atoms with Crippen molar-refractivity contribution in [1.82, 2.24) is 9.78 Å². The molecule has 0 unspecified atom stereocenters. The fourth-order valence-electron chi connectivity index (χ4n) is 1.59. The maximum Gasteiger partial charge on any atom is 0.257 e. The van der Waals surface area contributed by atoms with Gasteiger partial charge in [-0.1, -0.05) is 0 Å². The van der Waals surface area contributed by atoms with Crippen molar-refractivity contribution < 1.29 is 13.5 Å². The Labute approximate surface area is 99.1 Å². The summed E-state index contributed by atoms with van der Waals surface area (Å²) in [5.41, 5.74) is 0.581. The number of rotatable bonds is 3. The molecule has 0 bridgehead atoms. The summed E-state index contributed by atoms with van der Waals surface area (Å²) in [6.45, 7) is -0.434. The lowest BCUT2D eigenvalue weighted by Gasteiger charge is -2.08. The molecule has 0 saturated heterocycles. The van der Waals surface area contributed by atoms with E-state index in [1.54, 1.807) is 18.3 Å². The molecule has 6 heteroatoms. The molecule has 0 atom stereocenters. The molecule has 0 aliphatic rings. The van der Waals surface area contributed by atoms with Crippen LogP contribution in [0.1, 0.15) is 0 Å². The van der Waals surface area contributed by atoms with Crippen molar-refractivity contribution in [3.63, 3.8) is 0 Å². The SMILES string of the molecule is COc1c(Br)ccc2cnn(CC(F)F)c12. The van der Waals surface area contributed by atoms with Gasteiger partial charge in [0.15, 0.2) is 5.75 Å². The van der Waals surface area contributed by atoms with Gasteiger partial charge in [-0.05, 0) is 28.1 Å². The van der Waals surface area contributed by atoms with Crippen LogP contribution >= 0.6 is 15.9 Å². The summed E-state index contributed by atoms with van der Waals surface area (Å²) >= 11 is 3.31. The van der Waals surface area contributed by atoms with Crippen molar-refractivity contribution in [1.29, 1.82) is 0 Å². The molecule has 0 spiro atoms. The van der Waals surface area contributed by atoms with Crippen molar-refractivity contribution in [2.24, 2.45) is 0 Å². The number of ether oxygens (including phenoxy) is 1. The highest BCUT2D eigenvalue weighted by Crippen LogP contribution is 2.33. The summed E-state index contributed by atoms with van der Waals surface area (Å²) in [5.74, 6) is 0.524. The highest BCUT2D eigenvalue weighted by atomic mass is 79.9. The molecule has 2 rings (SSSR count). The second-order valence-electron chi connectivity index (χ2n) is 3.24. The van der Waals surface area contributed by atoms with Gasteiger partial charge in [0.25, 0.3) is 6.43 Å². The molecule has 0 amide bonds. The topological polar surface area (TPSA) is 27.1 Å². The summed E-state index contributed by atoms with van der Waals surface area (Å²) in [7, 11) is 1.50. The normalized spacial score (nSPS) is 11.3. The average Bonchev–Trinajstić information content (AvgIpc) is 2.61. The third kappa shape index (κ3) is 1.89. The Bertz CT molecular complexity index is 513. The standard InChI is InChI=1S/C10H9BrF2N2O/c1-16-10-7(11)3-2-6-4-14-15(9(6)10)5-8(12)13/h2-4,8H,5H2,1H3. The second kappa shape index (κ2) is 4.37. The Morgan fingerprint density at radius 3 is 2.88 bits per heavy atom. The van der Waals surface area contributed by atoms with Crippen LogP contribution in [-0.2, 0) is 6.54 Å². The molecule has 0 aliphatic carbocycles. The van der Waals surface area contributed by atoms with Gasteiger partial charge in [0, 0.05) is 5.39 Å². The molecule has 0 saturated carbocycles. The first-order valence-electron chi connectivity index (χ1n) is 4.59. The minimum Gasteiger partial charge on any atom is -0.493 e. The molecule has 1 heterocycles. The zero-order valence-corrected chi connectivity index (χ0v) is 10.0. The van der Waals surface area contributed by atoms with Crippen molar-refractivity contribution in [2.45, 2.75) is 13.0 Å². The van der Waals surface area contributed by atoms with Crippen LogP contribution in [0, 0.1) is 0 Å². The van der Waals surface area contributed by atoms with Gasteiger partial charge in [-0.3, -0.25) is 4.68 Å². The first kappa shape index (κ1) is 11.3. The Morgan fingerprint density at radius 2 is 2.25 bits per heavy atom. The fraction of sp³-hybridized carbons (Fsp3) is 0.300. The van der Waals surface area contributed by atoms with E-state index in [9.17, 15) is 8.78 Å². The molecule has 1 aromatic carbocycles. The van der Waals surface area contributed by atoms with Gasteiger partial charge >= 0.3 is 0 Å². The van der Waals surface area contributed by atoms with E-state index in [4.69, 9.17) is 4.74 Å². The van der Waals surface area contributed by atoms with Gasteiger partial charge < -0.3 is 4.74 Å². The number of methoxy groups -OCH3 is 1. The smallest absolute Gasteiger partial charge is 0.257 e. The van der Waals surface area contributed by atoms with E-state index in [2.05, 4.69) is 21.0 Å². The summed E-state index contributed by atoms with van der Waals surface area (Å²) in [4.78, 5) is 0.